The van der Waals surface area contributed by atoms with Crippen molar-refractivity contribution in [1.29, 1.82) is 0 Å². The average Bonchev–Trinajstić information content (AvgIpc) is 2.86. The maximum Gasteiger partial charge on any atom is 0.416 e. The second-order valence-corrected chi connectivity index (χ2v) is 9.06. The summed E-state index contributed by atoms with van der Waals surface area (Å²) in [4.78, 5) is 41.2. The number of nitrogens with zero attached hydrogens (tertiary/aromatic N) is 2. The molecule has 1 unspecified atom stereocenters. The van der Waals surface area contributed by atoms with Crippen LogP contribution in [0.4, 0.5) is 37.7 Å². The van der Waals surface area contributed by atoms with Gasteiger partial charge in [-0.15, -0.1) is 0 Å². The van der Waals surface area contributed by atoms with Crippen molar-refractivity contribution in [2.75, 3.05) is 29.9 Å². The van der Waals surface area contributed by atoms with Gasteiger partial charge in [-0.05, 0) is 62.6 Å². The Morgan fingerprint density at radius 1 is 0.947 bits per heavy atom. The highest BCUT2D eigenvalue weighted by atomic mass is 19.4. The third kappa shape index (κ3) is 5.86. The predicted octanol–water partition coefficient (Wildman–Crippen LogP) is 5.10. The van der Waals surface area contributed by atoms with E-state index in [0.29, 0.717) is 25.2 Å². The van der Waals surface area contributed by atoms with Crippen LogP contribution in [0, 0.1) is 0 Å². The monoisotopic (exact) mass is 543 g/mol. The van der Waals surface area contributed by atoms with Gasteiger partial charge in [0.1, 0.15) is 12.3 Å². The van der Waals surface area contributed by atoms with Crippen LogP contribution in [0.3, 0.4) is 0 Å². The summed E-state index contributed by atoms with van der Waals surface area (Å²) in [6.07, 6.45) is -8.44. The number of amides is 3. The number of nitrogens with one attached hydrogen (secondary N) is 1. The first kappa shape index (κ1) is 27.3. The summed E-state index contributed by atoms with van der Waals surface area (Å²) >= 11 is 0. The van der Waals surface area contributed by atoms with Gasteiger partial charge in [0.05, 0.1) is 16.8 Å². The molecular weight excluding hydrogens is 520 g/mol. The fourth-order valence-corrected chi connectivity index (χ4v) is 4.32. The van der Waals surface area contributed by atoms with E-state index in [1.54, 1.807) is 4.90 Å². The molecule has 1 atom stereocenters. The number of hydrogen-bond donors (Lipinski definition) is 1. The molecular formula is C25H23F6N3O4. The van der Waals surface area contributed by atoms with Crippen LogP contribution >= 0.6 is 0 Å². The molecule has 2 heterocycles. The van der Waals surface area contributed by atoms with E-state index in [4.69, 9.17) is 4.74 Å². The molecule has 0 radical (unpaired) electrons. The summed E-state index contributed by atoms with van der Waals surface area (Å²) in [7, 11) is 0. The summed E-state index contributed by atoms with van der Waals surface area (Å²) in [6.45, 7) is 2.34. The summed E-state index contributed by atoms with van der Waals surface area (Å²) in [5.41, 5.74) is -4.00. The summed E-state index contributed by atoms with van der Waals surface area (Å²) in [5, 5.41) is 2.27. The number of likely N-dealkylation sites (tertiary alicyclic amines) is 1. The van der Waals surface area contributed by atoms with Crippen molar-refractivity contribution >= 4 is 29.1 Å². The van der Waals surface area contributed by atoms with Crippen molar-refractivity contribution in [1.82, 2.24) is 4.90 Å². The summed E-state index contributed by atoms with van der Waals surface area (Å²) < 4.78 is 84.7. The molecule has 2 aromatic rings. The third-order valence-corrected chi connectivity index (χ3v) is 6.28. The lowest BCUT2D eigenvalue weighted by Crippen LogP contribution is -2.50. The Balaban J connectivity index is 1.62. The number of ether oxygens (including phenoxy) is 1. The lowest BCUT2D eigenvalue weighted by atomic mass is 10.0. The SMILES string of the molecule is CC1Oc2ccc(NC(=O)c3cc(C(F)(F)F)cc(C(F)(F)F)c3)cc2N(CC(=O)N2CCCCC2)C1=O. The molecule has 38 heavy (non-hydrogen) atoms. The van der Waals surface area contributed by atoms with E-state index in [1.165, 1.54) is 30.0 Å². The smallest absolute Gasteiger partial charge is 0.416 e. The van der Waals surface area contributed by atoms with Crippen LogP contribution in [0.5, 0.6) is 5.75 Å². The number of halogens is 6. The number of benzene rings is 2. The van der Waals surface area contributed by atoms with Crippen LogP contribution in [0.2, 0.25) is 0 Å². The zero-order valence-corrected chi connectivity index (χ0v) is 20.1. The van der Waals surface area contributed by atoms with Crippen LogP contribution < -0.4 is 15.0 Å². The number of carbonyl (C=O) groups excluding carboxylic acids is 3. The molecule has 1 fully saturated rings. The topological polar surface area (TPSA) is 79.0 Å². The van der Waals surface area contributed by atoms with E-state index < -0.39 is 47.0 Å². The standard InChI is InChI=1S/C25H23F6N3O4/c1-14-23(37)34(13-21(35)33-7-3-2-4-8-33)19-12-18(5-6-20(19)38-14)32-22(36)15-9-16(24(26,27)28)11-17(10-15)25(29,30)31/h5-6,9-12,14H,2-4,7-8,13H2,1H3,(H,32,36). The first-order valence-corrected chi connectivity index (χ1v) is 11.7. The average molecular weight is 543 g/mol. The van der Waals surface area contributed by atoms with E-state index >= 15 is 0 Å². The number of anilines is 2. The van der Waals surface area contributed by atoms with Crippen LogP contribution in [0.25, 0.3) is 0 Å². The zero-order chi connectivity index (χ0) is 27.8. The van der Waals surface area contributed by atoms with Crippen molar-refractivity contribution < 1.29 is 45.5 Å². The molecule has 7 nitrogen and oxygen atoms in total. The Bertz CT molecular complexity index is 1220. The quantitative estimate of drug-likeness (QED) is 0.545. The second kappa shape index (κ2) is 10.2. The van der Waals surface area contributed by atoms with Gasteiger partial charge in [0.15, 0.2) is 6.10 Å². The molecule has 4 rings (SSSR count). The number of rotatable bonds is 4. The maximum atomic E-state index is 13.2. The molecule has 3 amide bonds. The predicted molar refractivity (Wildman–Crippen MR) is 124 cm³/mol. The van der Waals surface area contributed by atoms with Crippen molar-refractivity contribution in [3.63, 3.8) is 0 Å². The molecule has 0 saturated carbocycles. The highest BCUT2D eigenvalue weighted by Gasteiger charge is 2.38. The van der Waals surface area contributed by atoms with Gasteiger partial charge in [-0.25, -0.2) is 0 Å². The Morgan fingerprint density at radius 3 is 2.13 bits per heavy atom. The highest BCUT2D eigenvalue weighted by molar-refractivity contribution is 6.07. The first-order chi connectivity index (χ1) is 17.7. The molecule has 0 spiro atoms. The molecule has 2 aliphatic rings. The maximum absolute atomic E-state index is 13.2. The van der Waals surface area contributed by atoms with Gasteiger partial charge in [0, 0.05) is 24.3 Å². The van der Waals surface area contributed by atoms with Gasteiger partial charge < -0.3 is 15.0 Å². The van der Waals surface area contributed by atoms with Crippen LogP contribution in [0.15, 0.2) is 36.4 Å². The molecule has 0 aromatic heterocycles. The van der Waals surface area contributed by atoms with Gasteiger partial charge in [0.2, 0.25) is 5.91 Å². The highest BCUT2D eigenvalue weighted by Crippen LogP contribution is 2.38. The van der Waals surface area contributed by atoms with Gasteiger partial charge in [0.25, 0.3) is 11.8 Å². The van der Waals surface area contributed by atoms with Crippen LogP contribution in [-0.4, -0.2) is 48.4 Å². The number of piperidine rings is 1. The van der Waals surface area contributed by atoms with Crippen molar-refractivity contribution in [2.24, 2.45) is 0 Å². The van der Waals surface area contributed by atoms with Gasteiger partial charge in [-0.2, -0.15) is 26.3 Å². The Kier molecular flexibility index (Phi) is 7.31. The Hall–Kier alpha value is -3.77. The minimum absolute atomic E-state index is 0.0268. The molecule has 1 saturated heterocycles. The zero-order valence-electron chi connectivity index (χ0n) is 20.1. The lowest BCUT2D eigenvalue weighted by molar-refractivity contribution is -0.143. The number of fused-ring (bicyclic) bond motifs is 1. The number of alkyl halides is 6. The van der Waals surface area contributed by atoms with E-state index in [1.807, 2.05) is 0 Å². The molecule has 1 N–H and O–H groups in total. The van der Waals surface area contributed by atoms with Crippen molar-refractivity contribution in [3.05, 3.63) is 53.1 Å². The lowest BCUT2D eigenvalue weighted by Gasteiger charge is -2.35. The first-order valence-electron chi connectivity index (χ1n) is 11.7. The van der Waals surface area contributed by atoms with Gasteiger partial charge in [-0.1, -0.05) is 0 Å². The Labute approximate surface area is 213 Å². The molecule has 0 bridgehead atoms. The summed E-state index contributed by atoms with van der Waals surface area (Å²) in [6, 6.07) is 4.55. The third-order valence-electron chi connectivity index (χ3n) is 6.28. The number of hydrogen-bond acceptors (Lipinski definition) is 4. The van der Waals surface area contributed by atoms with Crippen LogP contribution in [0.1, 0.15) is 47.7 Å². The normalized spacial score (nSPS) is 18.1. The second-order valence-electron chi connectivity index (χ2n) is 9.06. The van der Waals surface area contributed by atoms with Crippen molar-refractivity contribution in [3.8, 4) is 5.75 Å². The fourth-order valence-electron chi connectivity index (χ4n) is 4.32. The van der Waals surface area contributed by atoms with E-state index in [9.17, 15) is 40.7 Å². The Morgan fingerprint density at radius 2 is 1.55 bits per heavy atom. The summed E-state index contributed by atoms with van der Waals surface area (Å²) in [5.74, 6) is -1.80. The van der Waals surface area contributed by atoms with Crippen LogP contribution in [-0.2, 0) is 21.9 Å². The fraction of sp³-hybridized carbons (Fsp3) is 0.400. The van der Waals surface area contributed by atoms with Gasteiger partial charge >= 0.3 is 12.4 Å². The molecule has 2 aromatic carbocycles. The van der Waals surface area contributed by atoms with Crippen molar-refractivity contribution in [2.45, 2.75) is 44.6 Å². The molecule has 0 aliphatic carbocycles. The largest absolute Gasteiger partial charge is 0.479 e. The molecule has 2 aliphatic heterocycles. The van der Waals surface area contributed by atoms with E-state index in [-0.39, 0.29) is 35.6 Å². The van der Waals surface area contributed by atoms with E-state index in [2.05, 4.69) is 5.32 Å². The molecule has 13 heteroatoms. The van der Waals surface area contributed by atoms with E-state index in [0.717, 1.165) is 19.3 Å². The molecule has 204 valence electrons. The van der Waals surface area contributed by atoms with Gasteiger partial charge in [-0.3, -0.25) is 19.3 Å². The minimum Gasteiger partial charge on any atom is -0.479 e. The minimum atomic E-state index is -5.11. The number of carbonyl (C=O) groups is 3.